The quantitative estimate of drug-likeness (QED) is 0.479. The van der Waals surface area contributed by atoms with E-state index in [9.17, 15) is 10.1 Å². The van der Waals surface area contributed by atoms with Crippen LogP contribution in [-0.4, -0.2) is 34.0 Å². The second-order valence-electron chi connectivity index (χ2n) is 3.65. The normalized spacial score (nSPS) is 16.4. The summed E-state index contributed by atoms with van der Waals surface area (Å²) >= 11 is 0. The minimum atomic E-state index is -0.721. The van der Waals surface area contributed by atoms with Gasteiger partial charge in [0.05, 0.1) is 0 Å². The molecule has 1 saturated heterocycles. The first-order valence-electron chi connectivity index (χ1n) is 5.23. The molecule has 0 radical (unpaired) electrons. The average Bonchev–Trinajstić information content (AvgIpc) is 2.77. The van der Waals surface area contributed by atoms with E-state index in [4.69, 9.17) is 6.57 Å². The van der Waals surface area contributed by atoms with Crippen LogP contribution in [0.25, 0.3) is 4.85 Å². The molecular weight excluding hydrogens is 236 g/mol. The largest absolute Gasteiger partial charge is 0.361 e. The van der Waals surface area contributed by atoms with Crippen LogP contribution in [0.2, 0.25) is 0 Å². The standard InChI is InChI=1S/C10H10N6O2/c1-11-9-3-2-8(6-13-9)7-15-5-4-12-10(15)14-16(17)18/h2-3,6H,4-5,7H2,(H,12,14). The van der Waals surface area contributed by atoms with Gasteiger partial charge in [0.2, 0.25) is 0 Å². The topological polar surface area (TPSA) is 88.0 Å². The summed E-state index contributed by atoms with van der Waals surface area (Å²) in [7, 11) is 0. The van der Waals surface area contributed by atoms with Gasteiger partial charge in [0.25, 0.3) is 11.8 Å². The molecule has 0 atom stereocenters. The Hall–Kier alpha value is -2.69. The fourth-order valence-electron chi connectivity index (χ4n) is 1.65. The Morgan fingerprint density at radius 3 is 3.11 bits per heavy atom. The molecule has 1 aliphatic rings. The summed E-state index contributed by atoms with van der Waals surface area (Å²) in [5.74, 6) is 0.590. The van der Waals surface area contributed by atoms with Crippen LogP contribution < -0.4 is 5.32 Å². The van der Waals surface area contributed by atoms with E-state index in [-0.39, 0.29) is 5.96 Å². The summed E-state index contributed by atoms with van der Waals surface area (Å²) in [6.07, 6.45) is 1.59. The van der Waals surface area contributed by atoms with Crippen molar-refractivity contribution in [2.45, 2.75) is 6.54 Å². The van der Waals surface area contributed by atoms with Crippen molar-refractivity contribution in [3.8, 4) is 0 Å². The van der Waals surface area contributed by atoms with Gasteiger partial charge in [0.15, 0.2) is 5.03 Å². The van der Waals surface area contributed by atoms with E-state index in [0.717, 1.165) is 5.56 Å². The number of hydrogen-bond acceptors (Lipinski definition) is 3. The van der Waals surface area contributed by atoms with E-state index in [2.05, 4.69) is 20.2 Å². The van der Waals surface area contributed by atoms with Gasteiger partial charge in [-0.3, -0.25) is 0 Å². The molecule has 2 rings (SSSR count). The van der Waals surface area contributed by atoms with Crippen molar-refractivity contribution in [3.63, 3.8) is 0 Å². The van der Waals surface area contributed by atoms with E-state index in [1.807, 2.05) is 0 Å². The third-order valence-electron chi connectivity index (χ3n) is 2.44. The lowest BCUT2D eigenvalue weighted by atomic mass is 10.2. The average molecular weight is 246 g/mol. The minimum absolute atomic E-state index is 0.259. The number of nitrogens with one attached hydrogen (secondary N) is 1. The van der Waals surface area contributed by atoms with Gasteiger partial charge in [-0.05, 0) is 6.07 Å². The van der Waals surface area contributed by atoms with Gasteiger partial charge >= 0.3 is 0 Å². The maximum atomic E-state index is 10.3. The number of nitrogens with zero attached hydrogens (tertiary/aromatic N) is 5. The Morgan fingerprint density at radius 2 is 2.50 bits per heavy atom. The summed E-state index contributed by atoms with van der Waals surface area (Å²) in [6.45, 7) is 8.55. The molecule has 0 unspecified atom stereocenters. The monoisotopic (exact) mass is 246 g/mol. The van der Waals surface area contributed by atoms with Crippen molar-refractivity contribution in [2.24, 2.45) is 5.10 Å². The molecule has 92 valence electrons. The molecule has 0 aromatic carbocycles. The van der Waals surface area contributed by atoms with Crippen LogP contribution in [0.4, 0.5) is 5.82 Å². The summed E-state index contributed by atoms with van der Waals surface area (Å²) < 4.78 is 0. The molecule has 2 heterocycles. The zero-order chi connectivity index (χ0) is 13.0. The molecule has 18 heavy (non-hydrogen) atoms. The first-order valence-corrected chi connectivity index (χ1v) is 5.23. The number of guanidine groups is 1. The fourth-order valence-corrected chi connectivity index (χ4v) is 1.65. The van der Waals surface area contributed by atoms with Crippen LogP contribution >= 0.6 is 0 Å². The number of rotatable bonds is 3. The molecule has 8 heteroatoms. The highest BCUT2D eigenvalue weighted by molar-refractivity contribution is 5.81. The molecule has 1 aromatic rings. The highest BCUT2D eigenvalue weighted by Crippen LogP contribution is 2.11. The molecule has 0 saturated carbocycles. The van der Waals surface area contributed by atoms with Gasteiger partial charge in [-0.15, -0.1) is 4.98 Å². The molecule has 0 spiro atoms. The lowest BCUT2D eigenvalue weighted by molar-refractivity contribution is -0.485. The highest BCUT2D eigenvalue weighted by Gasteiger charge is 2.21. The molecule has 0 bridgehead atoms. The maximum absolute atomic E-state index is 10.3. The van der Waals surface area contributed by atoms with Gasteiger partial charge in [-0.25, -0.2) is 10.1 Å². The SMILES string of the molecule is [C-]#[N+]c1ccc(CN2CCN/C2=N/[N+](=O)[O-])cn1. The zero-order valence-electron chi connectivity index (χ0n) is 9.41. The third-order valence-corrected chi connectivity index (χ3v) is 2.44. The van der Waals surface area contributed by atoms with Crippen LogP contribution in [0.15, 0.2) is 23.4 Å². The molecule has 1 fully saturated rings. The lowest BCUT2D eigenvalue weighted by Gasteiger charge is -2.14. The van der Waals surface area contributed by atoms with Crippen molar-refractivity contribution < 1.29 is 5.03 Å². The molecule has 8 nitrogen and oxygen atoms in total. The van der Waals surface area contributed by atoms with Gasteiger partial charge in [0, 0.05) is 25.2 Å². The van der Waals surface area contributed by atoms with Crippen molar-refractivity contribution in [2.75, 3.05) is 13.1 Å². The Bertz CT molecular complexity index is 518. The summed E-state index contributed by atoms with van der Waals surface area (Å²) in [5.41, 5.74) is 0.877. The predicted molar refractivity (Wildman–Crippen MR) is 63.3 cm³/mol. The van der Waals surface area contributed by atoms with Gasteiger partial charge < -0.3 is 15.1 Å². The Morgan fingerprint density at radius 1 is 1.67 bits per heavy atom. The predicted octanol–water partition coefficient (Wildman–Crippen LogP) is 0.585. The minimum Gasteiger partial charge on any atom is -0.361 e. The lowest BCUT2D eigenvalue weighted by Crippen LogP contribution is -2.30. The summed E-state index contributed by atoms with van der Waals surface area (Å²) in [5, 5.41) is 15.7. The fraction of sp³-hybridized carbons (Fsp3) is 0.300. The molecule has 0 amide bonds. The summed E-state index contributed by atoms with van der Waals surface area (Å²) in [4.78, 5) is 19.3. The van der Waals surface area contributed by atoms with E-state index < -0.39 is 5.03 Å². The molecule has 1 N–H and O–H groups in total. The zero-order valence-corrected chi connectivity index (χ0v) is 9.41. The molecule has 1 aliphatic heterocycles. The van der Waals surface area contributed by atoms with Crippen LogP contribution in [0.1, 0.15) is 5.56 Å². The van der Waals surface area contributed by atoms with Crippen LogP contribution in [-0.2, 0) is 6.54 Å². The van der Waals surface area contributed by atoms with Crippen LogP contribution in [0, 0.1) is 16.7 Å². The number of hydrogen-bond donors (Lipinski definition) is 1. The van der Waals surface area contributed by atoms with Crippen LogP contribution in [0.5, 0.6) is 0 Å². The Kier molecular flexibility index (Phi) is 3.33. The van der Waals surface area contributed by atoms with E-state index in [0.29, 0.717) is 25.5 Å². The number of aromatic nitrogens is 1. The van der Waals surface area contributed by atoms with E-state index >= 15 is 0 Å². The third kappa shape index (κ3) is 2.70. The number of pyridine rings is 1. The van der Waals surface area contributed by atoms with E-state index in [1.54, 1.807) is 23.2 Å². The highest BCUT2D eigenvalue weighted by atomic mass is 16.7. The van der Waals surface area contributed by atoms with Crippen molar-refractivity contribution >= 4 is 11.8 Å². The number of nitro groups is 1. The molecule has 1 aromatic heterocycles. The van der Waals surface area contributed by atoms with E-state index in [1.165, 1.54) is 0 Å². The first-order chi connectivity index (χ1) is 8.69. The van der Waals surface area contributed by atoms with Crippen LogP contribution in [0.3, 0.4) is 0 Å². The second-order valence-corrected chi connectivity index (χ2v) is 3.65. The Labute approximate surface area is 103 Å². The van der Waals surface area contributed by atoms with Gasteiger partial charge in [-0.2, -0.15) is 0 Å². The van der Waals surface area contributed by atoms with Crippen molar-refractivity contribution in [1.29, 1.82) is 0 Å². The summed E-state index contributed by atoms with van der Waals surface area (Å²) in [6, 6.07) is 3.40. The second kappa shape index (κ2) is 5.09. The Balaban J connectivity index is 2.08. The maximum Gasteiger partial charge on any atom is 0.271 e. The van der Waals surface area contributed by atoms with Crippen molar-refractivity contribution in [1.82, 2.24) is 15.2 Å². The first kappa shape index (κ1) is 11.8. The molecule has 0 aliphatic carbocycles. The smallest absolute Gasteiger partial charge is 0.271 e. The number of hydrazone groups is 1. The van der Waals surface area contributed by atoms with Crippen molar-refractivity contribution in [3.05, 3.63) is 45.4 Å². The van der Waals surface area contributed by atoms with Gasteiger partial charge in [-0.1, -0.05) is 12.6 Å². The molecular formula is C10H10N6O2. The van der Waals surface area contributed by atoms with Gasteiger partial charge in [0.1, 0.15) is 11.3 Å².